The normalized spacial score (nSPS) is 11.7. The molecule has 0 amide bonds. The van der Waals surface area contributed by atoms with Gasteiger partial charge < -0.3 is 9.84 Å². The van der Waals surface area contributed by atoms with Gasteiger partial charge in [0.05, 0.1) is 12.7 Å². The fourth-order valence-corrected chi connectivity index (χ4v) is 3.07. The first kappa shape index (κ1) is 25.0. The first-order chi connectivity index (χ1) is 12.7. The van der Waals surface area contributed by atoms with Gasteiger partial charge in [-0.3, -0.25) is 0 Å². The number of rotatable bonds is 17. The van der Waals surface area contributed by atoms with E-state index in [0.29, 0.717) is 6.61 Å². The van der Waals surface area contributed by atoms with Crippen LogP contribution in [0.5, 0.6) is 0 Å². The molecule has 0 rings (SSSR count). The van der Waals surface area contributed by atoms with E-state index in [2.05, 4.69) is 18.8 Å². The molecule has 1 unspecified atom stereocenters. The largest absolute Gasteiger partial charge is 0.456 e. The summed E-state index contributed by atoms with van der Waals surface area (Å²) < 4.78 is 4.76. The molecule has 152 valence electrons. The molecule has 0 heterocycles. The van der Waals surface area contributed by atoms with Gasteiger partial charge in [0.1, 0.15) is 0 Å². The molecule has 1 N–H and O–H groups in total. The van der Waals surface area contributed by atoms with E-state index in [-0.39, 0.29) is 6.10 Å². The van der Waals surface area contributed by atoms with Gasteiger partial charge in [0.15, 0.2) is 0 Å². The quantitative estimate of drug-likeness (QED) is 0.145. The van der Waals surface area contributed by atoms with Crippen molar-refractivity contribution in [1.82, 2.24) is 0 Å². The van der Waals surface area contributed by atoms with Crippen molar-refractivity contribution in [2.45, 2.75) is 123 Å². The van der Waals surface area contributed by atoms with Crippen molar-refractivity contribution in [3.05, 3.63) is 0 Å². The standard InChI is InChI=1S/C23H42O3/c1-3-5-19-22(24)20-17-15-13-11-9-7-6-8-10-12-14-16-18-21-23(25)26-4-2/h22,24H,3-17,19-20H2,1-2H3. The summed E-state index contributed by atoms with van der Waals surface area (Å²) in [6.07, 6.45) is 19.1. The summed E-state index contributed by atoms with van der Waals surface area (Å²) in [5.74, 6) is 4.99. The van der Waals surface area contributed by atoms with Crippen LogP contribution in [0, 0.1) is 11.8 Å². The fourth-order valence-electron chi connectivity index (χ4n) is 3.07. The second-order valence-electron chi connectivity index (χ2n) is 7.25. The minimum Gasteiger partial charge on any atom is -0.456 e. The monoisotopic (exact) mass is 366 g/mol. The minimum absolute atomic E-state index is 0.0638. The molecule has 3 heteroatoms. The second-order valence-corrected chi connectivity index (χ2v) is 7.25. The fraction of sp³-hybridized carbons (Fsp3) is 0.870. The molecule has 0 aromatic heterocycles. The summed E-state index contributed by atoms with van der Waals surface area (Å²) in [4.78, 5) is 11.0. The minimum atomic E-state index is -0.403. The van der Waals surface area contributed by atoms with Gasteiger partial charge in [0, 0.05) is 12.3 Å². The van der Waals surface area contributed by atoms with E-state index in [1.165, 1.54) is 70.6 Å². The van der Waals surface area contributed by atoms with Crippen LogP contribution < -0.4 is 0 Å². The van der Waals surface area contributed by atoms with Gasteiger partial charge in [-0.2, -0.15) is 0 Å². The van der Waals surface area contributed by atoms with E-state index < -0.39 is 5.97 Å². The molecule has 0 aromatic rings. The maximum Gasteiger partial charge on any atom is 0.384 e. The number of hydrogen-bond acceptors (Lipinski definition) is 3. The van der Waals surface area contributed by atoms with E-state index >= 15 is 0 Å². The molecule has 0 radical (unpaired) electrons. The number of aliphatic hydroxyl groups excluding tert-OH is 1. The number of unbranched alkanes of at least 4 members (excludes halogenated alkanes) is 12. The molecule has 1 atom stereocenters. The third kappa shape index (κ3) is 19.3. The third-order valence-corrected chi connectivity index (χ3v) is 4.70. The number of hydrogen-bond donors (Lipinski definition) is 1. The van der Waals surface area contributed by atoms with E-state index in [9.17, 15) is 9.90 Å². The summed E-state index contributed by atoms with van der Waals surface area (Å²) in [6.45, 7) is 4.37. The maximum absolute atomic E-state index is 11.0. The topological polar surface area (TPSA) is 46.5 Å². The highest BCUT2D eigenvalue weighted by atomic mass is 16.5. The van der Waals surface area contributed by atoms with Gasteiger partial charge in [-0.15, -0.1) is 0 Å². The van der Waals surface area contributed by atoms with Crippen molar-refractivity contribution < 1.29 is 14.6 Å². The highest BCUT2D eigenvalue weighted by molar-refractivity contribution is 5.88. The van der Waals surface area contributed by atoms with Gasteiger partial charge in [0.2, 0.25) is 0 Å². The van der Waals surface area contributed by atoms with Crippen LogP contribution in [0.3, 0.4) is 0 Å². The van der Waals surface area contributed by atoms with Crippen LogP contribution in [0.25, 0.3) is 0 Å². The lowest BCUT2D eigenvalue weighted by Gasteiger charge is -2.09. The first-order valence-corrected chi connectivity index (χ1v) is 11.0. The SMILES string of the molecule is CCCCC(O)CCCCCCCCCCCCCC#CC(=O)OCC. The predicted octanol–water partition coefficient (Wildman–Crippen LogP) is 6.18. The van der Waals surface area contributed by atoms with E-state index in [1.54, 1.807) is 6.92 Å². The van der Waals surface area contributed by atoms with Crippen molar-refractivity contribution in [2.75, 3.05) is 6.61 Å². The van der Waals surface area contributed by atoms with Crippen LogP contribution in [0.2, 0.25) is 0 Å². The summed E-state index contributed by atoms with van der Waals surface area (Å²) >= 11 is 0. The summed E-state index contributed by atoms with van der Waals surface area (Å²) in [7, 11) is 0. The average molecular weight is 367 g/mol. The molecule has 0 aromatic carbocycles. The molecule has 0 aliphatic heterocycles. The van der Waals surface area contributed by atoms with Crippen LogP contribution in [-0.2, 0) is 9.53 Å². The van der Waals surface area contributed by atoms with Gasteiger partial charge in [-0.05, 0) is 26.2 Å². The van der Waals surface area contributed by atoms with E-state index in [0.717, 1.165) is 32.1 Å². The number of carbonyl (C=O) groups is 1. The predicted molar refractivity (Wildman–Crippen MR) is 110 cm³/mol. The van der Waals surface area contributed by atoms with Crippen molar-refractivity contribution in [2.24, 2.45) is 0 Å². The smallest absolute Gasteiger partial charge is 0.384 e. The van der Waals surface area contributed by atoms with Crippen molar-refractivity contribution in [3.8, 4) is 11.8 Å². The molecule has 0 aliphatic rings. The van der Waals surface area contributed by atoms with Gasteiger partial charge in [-0.1, -0.05) is 89.9 Å². The van der Waals surface area contributed by atoms with Gasteiger partial charge in [-0.25, -0.2) is 4.79 Å². The van der Waals surface area contributed by atoms with Crippen molar-refractivity contribution in [3.63, 3.8) is 0 Å². The molecule has 0 saturated carbocycles. The first-order valence-electron chi connectivity index (χ1n) is 11.0. The highest BCUT2D eigenvalue weighted by Gasteiger charge is 2.02. The molecule has 0 aliphatic carbocycles. The molecule has 0 saturated heterocycles. The molecule has 3 nitrogen and oxygen atoms in total. The Kier molecular flexibility index (Phi) is 19.5. The Morgan fingerprint density at radius 2 is 1.31 bits per heavy atom. The number of ether oxygens (including phenoxy) is 1. The zero-order valence-electron chi connectivity index (χ0n) is 17.4. The molecule has 0 bridgehead atoms. The Balaban J connectivity index is 3.19. The van der Waals surface area contributed by atoms with Gasteiger partial charge >= 0.3 is 5.97 Å². The van der Waals surface area contributed by atoms with Crippen molar-refractivity contribution in [1.29, 1.82) is 0 Å². The van der Waals surface area contributed by atoms with Crippen LogP contribution in [0.4, 0.5) is 0 Å². The summed E-state index contributed by atoms with van der Waals surface area (Å²) in [5, 5.41) is 9.79. The summed E-state index contributed by atoms with van der Waals surface area (Å²) in [5.41, 5.74) is 0. The molecule has 26 heavy (non-hydrogen) atoms. The maximum atomic E-state index is 11.0. The lowest BCUT2D eigenvalue weighted by atomic mass is 10.0. The summed E-state index contributed by atoms with van der Waals surface area (Å²) in [6, 6.07) is 0. The van der Waals surface area contributed by atoms with Crippen LogP contribution in [0.15, 0.2) is 0 Å². The van der Waals surface area contributed by atoms with Crippen LogP contribution in [-0.4, -0.2) is 23.8 Å². The Hall–Kier alpha value is -1.01. The third-order valence-electron chi connectivity index (χ3n) is 4.70. The number of esters is 1. The lowest BCUT2D eigenvalue weighted by molar-refractivity contribution is -0.136. The molecule has 0 spiro atoms. The van der Waals surface area contributed by atoms with E-state index in [4.69, 9.17) is 4.74 Å². The van der Waals surface area contributed by atoms with Crippen molar-refractivity contribution >= 4 is 5.97 Å². The zero-order valence-corrected chi connectivity index (χ0v) is 17.4. The molecule has 0 fully saturated rings. The van der Waals surface area contributed by atoms with Crippen LogP contribution >= 0.6 is 0 Å². The number of carbonyl (C=O) groups excluding carboxylic acids is 1. The molecular formula is C23H42O3. The zero-order chi connectivity index (χ0) is 19.3. The Morgan fingerprint density at radius 3 is 1.85 bits per heavy atom. The van der Waals surface area contributed by atoms with Crippen LogP contribution in [0.1, 0.15) is 117 Å². The lowest BCUT2D eigenvalue weighted by Crippen LogP contribution is -2.05. The van der Waals surface area contributed by atoms with Gasteiger partial charge in [0.25, 0.3) is 0 Å². The van der Waals surface area contributed by atoms with E-state index in [1.807, 2.05) is 0 Å². The molecular weight excluding hydrogens is 324 g/mol. The second kappa shape index (κ2) is 20.3. The number of aliphatic hydroxyl groups is 1. The average Bonchev–Trinajstić information content (AvgIpc) is 2.63. The Morgan fingerprint density at radius 1 is 0.808 bits per heavy atom. The Bertz CT molecular complexity index is 367. The Labute approximate surface area is 162 Å². The highest BCUT2D eigenvalue weighted by Crippen LogP contribution is 2.14.